The number of rotatable bonds is 4. The molecule has 80 valence electrons. The van der Waals surface area contributed by atoms with Gasteiger partial charge in [-0.1, -0.05) is 0 Å². The van der Waals surface area contributed by atoms with Crippen LogP contribution in [0.5, 0.6) is 0 Å². The summed E-state index contributed by atoms with van der Waals surface area (Å²) in [5, 5.41) is 9.66. The van der Waals surface area contributed by atoms with Gasteiger partial charge in [0.15, 0.2) is 0 Å². The van der Waals surface area contributed by atoms with Crippen LogP contribution in [0.3, 0.4) is 0 Å². The van der Waals surface area contributed by atoms with Crippen molar-refractivity contribution in [1.82, 2.24) is 4.98 Å². The van der Waals surface area contributed by atoms with E-state index in [1.165, 1.54) is 17.6 Å². The first-order chi connectivity index (χ1) is 6.40. The standard InChI is InChI=1S/C8H13NO3S2/c1-6-8(13-5-9-6)7(10)3-4-14(2,11)12/h5,7,10H,3-4H2,1-2H3. The minimum atomic E-state index is -3.00. The van der Waals surface area contributed by atoms with Crippen LogP contribution in [0.2, 0.25) is 0 Å². The zero-order valence-corrected chi connectivity index (χ0v) is 9.73. The molecule has 4 nitrogen and oxygen atoms in total. The van der Waals surface area contributed by atoms with Gasteiger partial charge in [0.05, 0.1) is 27.9 Å². The third kappa shape index (κ3) is 3.36. The van der Waals surface area contributed by atoms with Crippen LogP contribution < -0.4 is 0 Å². The van der Waals surface area contributed by atoms with E-state index in [1.54, 1.807) is 12.4 Å². The summed E-state index contributed by atoms with van der Waals surface area (Å²) < 4.78 is 21.7. The van der Waals surface area contributed by atoms with Crippen molar-refractivity contribution >= 4 is 21.2 Å². The van der Waals surface area contributed by atoms with Crippen molar-refractivity contribution in [2.75, 3.05) is 12.0 Å². The third-order valence-corrected chi connectivity index (χ3v) is 3.86. The van der Waals surface area contributed by atoms with Gasteiger partial charge in [0, 0.05) is 6.26 Å². The number of hydrogen-bond donors (Lipinski definition) is 1. The third-order valence-electron chi connectivity index (χ3n) is 1.85. The number of thiazole rings is 1. The summed E-state index contributed by atoms with van der Waals surface area (Å²) in [6, 6.07) is 0. The Morgan fingerprint density at radius 1 is 1.64 bits per heavy atom. The highest BCUT2D eigenvalue weighted by Crippen LogP contribution is 2.24. The van der Waals surface area contributed by atoms with Gasteiger partial charge in [0.2, 0.25) is 0 Å². The molecule has 1 rings (SSSR count). The fourth-order valence-corrected chi connectivity index (χ4v) is 2.56. The largest absolute Gasteiger partial charge is 0.387 e. The van der Waals surface area contributed by atoms with Gasteiger partial charge in [0.1, 0.15) is 9.84 Å². The Kier molecular flexibility index (Phi) is 3.63. The van der Waals surface area contributed by atoms with Gasteiger partial charge in [-0.05, 0) is 13.3 Å². The molecule has 0 bridgehead atoms. The van der Waals surface area contributed by atoms with Crippen molar-refractivity contribution < 1.29 is 13.5 Å². The number of aliphatic hydroxyl groups is 1. The van der Waals surface area contributed by atoms with Gasteiger partial charge in [-0.3, -0.25) is 0 Å². The van der Waals surface area contributed by atoms with E-state index in [-0.39, 0.29) is 12.2 Å². The van der Waals surface area contributed by atoms with Crippen molar-refractivity contribution in [1.29, 1.82) is 0 Å². The average Bonchev–Trinajstić information content (AvgIpc) is 2.46. The Balaban J connectivity index is 2.60. The first kappa shape index (κ1) is 11.6. The Morgan fingerprint density at radius 3 is 2.71 bits per heavy atom. The SMILES string of the molecule is Cc1ncsc1C(O)CCS(C)(=O)=O. The maximum atomic E-state index is 10.9. The molecule has 1 aromatic heterocycles. The van der Waals surface area contributed by atoms with E-state index in [4.69, 9.17) is 0 Å². The summed E-state index contributed by atoms with van der Waals surface area (Å²) in [5.74, 6) is 0.00546. The summed E-state index contributed by atoms with van der Waals surface area (Å²) in [6.45, 7) is 1.80. The van der Waals surface area contributed by atoms with Gasteiger partial charge in [-0.25, -0.2) is 13.4 Å². The Hall–Kier alpha value is -0.460. The molecular weight excluding hydrogens is 222 g/mol. The van der Waals surface area contributed by atoms with Crippen LogP contribution in [0.1, 0.15) is 23.1 Å². The molecule has 0 saturated carbocycles. The van der Waals surface area contributed by atoms with E-state index >= 15 is 0 Å². The van der Waals surface area contributed by atoms with Gasteiger partial charge in [0.25, 0.3) is 0 Å². The first-order valence-electron chi connectivity index (χ1n) is 4.16. The van der Waals surface area contributed by atoms with Crippen LogP contribution in [-0.4, -0.2) is 30.5 Å². The highest BCUT2D eigenvalue weighted by molar-refractivity contribution is 7.90. The van der Waals surface area contributed by atoms with E-state index < -0.39 is 15.9 Å². The van der Waals surface area contributed by atoms with Crippen LogP contribution in [-0.2, 0) is 9.84 Å². The maximum absolute atomic E-state index is 10.9. The zero-order chi connectivity index (χ0) is 10.8. The molecule has 0 aromatic carbocycles. The summed E-state index contributed by atoms with van der Waals surface area (Å²) >= 11 is 1.35. The molecule has 0 aliphatic carbocycles. The Bertz CT molecular complexity index is 396. The van der Waals surface area contributed by atoms with Crippen LogP contribution in [0.25, 0.3) is 0 Å². The monoisotopic (exact) mass is 235 g/mol. The molecule has 0 aliphatic rings. The van der Waals surface area contributed by atoms with Crippen molar-refractivity contribution in [3.8, 4) is 0 Å². The topological polar surface area (TPSA) is 67.3 Å². The second kappa shape index (κ2) is 4.37. The van der Waals surface area contributed by atoms with Crippen molar-refractivity contribution in [2.24, 2.45) is 0 Å². The lowest BCUT2D eigenvalue weighted by Gasteiger charge is -2.07. The quantitative estimate of drug-likeness (QED) is 0.842. The second-order valence-corrected chi connectivity index (χ2v) is 6.38. The smallest absolute Gasteiger partial charge is 0.147 e. The predicted octanol–water partition coefficient (Wildman–Crippen LogP) is 0.920. The predicted molar refractivity (Wildman–Crippen MR) is 56.1 cm³/mol. The molecule has 1 unspecified atom stereocenters. The summed E-state index contributed by atoms with van der Waals surface area (Å²) in [4.78, 5) is 4.75. The lowest BCUT2D eigenvalue weighted by atomic mass is 10.2. The number of aromatic nitrogens is 1. The Labute approximate surface area is 87.5 Å². The zero-order valence-electron chi connectivity index (χ0n) is 8.10. The second-order valence-electron chi connectivity index (χ2n) is 3.24. The van der Waals surface area contributed by atoms with Crippen LogP contribution in [0.4, 0.5) is 0 Å². The van der Waals surface area contributed by atoms with Gasteiger partial charge >= 0.3 is 0 Å². The molecule has 1 aromatic rings. The summed E-state index contributed by atoms with van der Waals surface area (Å²) in [6.07, 6.45) is 0.693. The lowest BCUT2D eigenvalue weighted by Crippen LogP contribution is -2.08. The van der Waals surface area contributed by atoms with E-state index in [1.807, 2.05) is 0 Å². The minimum Gasteiger partial charge on any atom is -0.387 e. The van der Waals surface area contributed by atoms with Gasteiger partial charge < -0.3 is 5.11 Å². The molecule has 0 amide bonds. The molecule has 1 heterocycles. The van der Waals surface area contributed by atoms with Crippen LogP contribution in [0.15, 0.2) is 5.51 Å². The molecule has 1 N–H and O–H groups in total. The van der Waals surface area contributed by atoms with E-state index in [9.17, 15) is 13.5 Å². The molecule has 0 aliphatic heterocycles. The molecule has 14 heavy (non-hydrogen) atoms. The lowest BCUT2D eigenvalue weighted by molar-refractivity contribution is 0.177. The molecule has 6 heteroatoms. The number of nitrogens with zero attached hydrogens (tertiary/aromatic N) is 1. The van der Waals surface area contributed by atoms with Crippen molar-refractivity contribution in [3.05, 3.63) is 16.1 Å². The van der Waals surface area contributed by atoms with Crippen LogP contribution in [0, 0.1) is 6.92 Å². The van der Waals surface area contributed by atoms with Gasteiger partial charge in [-0.2, -0.15) is 0 Å². The summed E-state index contributed by atoms with van der Waals surface area (Å²) in [7, 11) is -3.00. The molecule has 0 spiro atoms. The van der Waals surface area contributed by atoms with E-state index in [0.29, 0.717) is 0 Å². The van der Waals surface area contributed by atoms with Crippen molar-refractivity contribution in [3.63, 3.8) is 0 Å². The molecule has 1 atom stereocenters. The average molecular weight is 235 g/mol. The van der Waals surface area contributed by atoms with E-state index in [2.05, 4.69) is 4.98 Å². The molecule has 0 fully saturated rings. The fourth-order valence-electron chi connectivity index (χ4n) is 1.09. The number of aliphatic hydroxyl groups excluding tert-OH is 1. The Morgan fingerprint density at radius 2 is 2.29 bits per heavy atom. The van der Waals surface area contributed by atoms with Crippen LogP contribution >= 0.6 is 11.3 Å². The highest BCUT2D eigenvalue weighted by Gasteiger charge is 2.15. The maximum Gasteiger partial charge on any atom is 0.147 e. The van der Waals surface area contributed by atoms with E-state index in [0.717, 1.165) is 10.6 Å². The minimum absolute atomic E-state index is 0.00546. The number of aryl methyl sites for hydroxylation is 1. The molecular formula is C8H13NO3S2. The first-order valence-corrected chi connectivity index (χ1v) is 7.10. The van der Waals surface area contributed by atoms with Crippen molar-refractivity contribution in [2.45, 2.75) is 19.4 Å². The fraction of sp³-hybridized carbons (Fsp3) is 0.625. The normalized spacial score (nSPS) is 14.2. The summed E-state index contributed by atoms with van der Waals surface area (Å²) in [5.41, 5.74) is 2.42. The highest BCUT2D eigenvalue weighted by atomic mass is 32.2. The number of hydrogen-bond acceptors (Lipinski definition) is 5. The number of sulfone groups is 1. The molecule has 0 saturated heterocycles. The van der Waals surface area contributed by atoms with Gasteiger partial charge in [-0.15, -0.1) is 11.3 Å². The molecule has 0 radical (unpaired) electrons.